The molecule has 0 amide bonds. The van der Waals surface area contributed by atoms with Gasteiger partial charge in [-0.1, -0.05) is 0 Å². The van der Waals surface area contributed by atoms with Crippen molar-refractivity contribution in [2.75, 3.05) is 0 Å². The third-order valence-electron chi connectivity index (χ3n) is 3.83. The van der Waals surface area contributed by atoms with Crippen LogP contribution in [-0.4, -0.2) is 35.4 Å². The van der Waals surface area contributed by atoms with Gasteiger partial charge in [0.1, 0.15) is 0 Å². The van der Waals surface area contributed by atoms with Gasteiger partial charge in [0.05, 0.1) is 0 Å². The first-order valence-electron chi connectivity index (χ1n) is 7.98. The van der Waals surface area contributed by atoms with Crippen molar-refractivity contribution in [1.82, 2.24) is 0 Å². The first-order chi connectivity index (χ1) is 12.3. The van der Waals surface area contributed by atoms with Crippen LogP contribution < -0.4 is 8.92 Å². The van der Waals surface area contributed by atoms with Gasteiger partial charge in [-0.15, -0.1) is 0 Å². The fourth-order valence-electron chi connectivity index (χ4n) is 2.62. The third kappa shape index (κ3) is 3.97. The average Bonchev–Trinajstić information content (AvgIpc) is 3.09. The van der Waals surface area contributed by atoms with Crippen molar-refractivity contribution >= 4 is 44.3 Å². The van der Waals surface area contributed by atoms with E-state index in [2.05, 4.69) is 66.7 Å². The van der Waals surface area contributed by atoms with Crippen LogP contribution in [0, 0.1) is 5.82 Å². The molecule has 0 unspecified atom stereocenters. The van der Waals surface area contributed by atoms with Gasteiger partial charge in [-0.25, -0.2) is 0 Å². The molecule has 0 atom stereocenters. The molecule has 4 aromatic rings. The molecule has 0 N–H and O–H groups in total. The average molecular weight is 505 g/mol. The zero-order valence-corrected chi connectivity index (χ0v) is 17.4. The van der Waals surface area contributed by atoms with Crippen molar-refractivity contribution in [1.29, 1.82) is 0 Å². The molecule has 0 nitrogen and oxygen atoms in total. The van der Waals surface area contributed by atoms with Crippen LogP contribution in [0.3, 0.4) is 0 Å². The zero-order chi connectivity index (χ0) is 17.1. The van der Waals surface area contributed by atoms with Gasteiger partial charge >= 0.3 is 164 Å². The summed E-state index contributed by atoms with van der Waals surface area (Å²) in [6.07, 6.45) is 0. The van der Waals surface area contributed by atoms with E-state index in [4.69, 9.17) is 0 Å². The Morgan fingerprint density at radius 2 is 1.28 bits per heavy atom. The Morgan fingerprint density at radius 3 is 1.92 bits per heavy atom. The van der Waals surface area contributed by atoms with Crippen LogP contribution in [0.5, 0.6) is 0 Å². The molecule has 1 aromatic heterocycles. The van der Waals surface area contributed by atoms with E-state index in [1.165, 1.54) is 27.2 Å². The van der Waals surface area contributed by atoms with Crippen LogP contribution in [0.4, 0.5) is 4.39 Å². The summed E-state index contributed by atoms with van der Waals surface area (Å²) in [7, 11) is 0. The summed E-state index contributed by atoms with van der Waals surface area (Å²) in [6.45, 7) is 0. The van der Waals surface area contributed by atoms with Gasteiger partial charge in [-0.3, -0.25) is 0 Å². The van der Waals surface area contributed by atoms with Crippen LogP contribution in [0.2, 0.25) is 0 Å². The Hall–Kier alpha value is -1.62. The maximum atomic E-state index is 13.2. The molecule has 122 valence electrons. The third-order valence-corrected chi connectivity index (χ3v) is 10.5. The first kappa shape index (κ1) is 16.8. The van der Waals surface area contributed by atoms with Gasteiger partial charge in [-0.2, -0.15) is 0 Å². The van der Waals surface area contributed by atoms with Crippen LogP contribution in [0.1, 0.15) is 0 Å². The SMILES string of the molecule is Fc1ccc([Se]c2cc(-c3ccccc3)[te]c2-c2ccccc2)cc1. The summed E-state index contributed by atoms with van der Waals surface area (Å²) in [5, 5.41) is 0. The van der Waals surface area contributed by atoms with Gasteiger partial charge in [-0.05, 0) is 0 Å². The van der Waals surface area contributed by atoms with E-state index < -0.39 is 20.4 Å². The molecule has 0 saturated carbocycles. The van der Waals surface area contributed by atoms with Gasteiger partial charge < -0.3 is 0 Å². The molecule has 0 radical (unpaired) electrons. The fourth-order valence-corrected chi connectivity index (χ4v) is 9.30. The van der Waals surface area contributed by atoms with Crippen molar-refractivity contribution in [3.63, 3.8) is 0 Å². The Morgan fingerprint density at radius 1 is 0.680 bits per heavy atom. The van der Waals surface area contributed by atoms with Gasteiger partial charge in [0, 0.05) is 0 Å². The number of rotatable bonds is 4. The van der Waals surface area contributed by atoms with E-state index in [1.807, 2.05) is 12.1 Å². The minimum absolute atomic E-state index is 0.169. The zero-order valence-electron chi connectivity index (χ0n) is 13.4. The Labute approximate surface area is 163 Å². The second-order valence-corrected chi connectivity index (χ2v) is 10.9. The van der Waals surface area contributed by atoms with Crippen LogP contribution in [0.15, 0.2) is 91.0 Å². The molecule has 1 heterocycles. The van der Waals surface area contributed by atoms with Gasteiger partial charge in [0.25, 0.3) is 0 Å². The molecule has 0 aliphatic carbocycles. The van der Waals surface area contributed by atoms with Crippen LogP contribution >= 0.6 is 0 Å². The standard InChI is InChI=1S/C22H15FSeTe/c23-18-11-13-19(14-12-18)24-20-15-21(16-7-3-1-4-8-16)25-22(20)17-9-5-2-6-10-17/h1-15H. The first-order valence-corrected chi connectivity index (χ1v) is 12.0. The molecule has 25 heavy (non-hydrogen) atoms. The molecule has 3 aromatic carbocycles. The van der Waals surface area contributed by atoms with Gasteiger partial charge in [0.15, 0.2) is 0 Å². The number of hydrogen-bond donors (Lipinski definition) is 0. The predicted molar refractivity (Wildman–Crippen MR) is 106 cm³/mol. The van der Waals surface area contributed by atoms with Crippen molar-refractivity contribution in [2.45, 2.75) is 0 Å². The predicted octanol–water partition coefficient (Wildman–Crippen LogP) is 3.87. The molecule has 0 spiro atoms. The monoisotopic (exact) mass is 508 g/mol. The number of hydrogen-bond acceptors (Lipinski definition) is 0. The molecule has 0 aliphatic heterocycles. The summed E-state index contributed by atoms with van der Waals surface area (Å²) < 4.78 is 18.9. The Balaban J connectivity index is 1.78. The second-order valence-electron chi connectivity index (χ2n) is 5.59. The Bertz CT molecular complexity index is 960. The normalized spacial score (nSPS) is 10.8. The second kappa shape index (κ2) is 7.73. The van der Waals surface area contributed by atoms with E-state index in [0.29, 0.717) is 0 Å². The van der Waals surface area contributed by atoms with Crippen LogP contribution in [0.25, 0.3) is 18.3 Å². The van der Waals surface area contributed by atoms with Crippen molar-refractivity contribution < 1.29 is 4.39 Å². The number of benzene rings is 3. The molecule has 0 saturated heterocycles. The Kier molecular flexibility index (Phi) is 5.20. The summed E-state index contributed by atoms with van der Waals surface area (Å²) >= 11 is -0.226. The van der Waals surface area contributed by atoms with E-state index in [-0.39, 0.29) is 20.8 Å². The molecule has 0 aliphatic rings. The quantitative estimate of drug-likeness (QED) is 0.370. The summed E-state index contributed by atoms with van der Waals surface area (Å²) in [5.41, 5.74) is 2.68. The summed E-state index contributed by atoms with van der Waals surface area (Å²) in [4.78, 5) is 0. The summed E-state index contributed by atoms with van der Waals surface area (Å²) in [5.74, 6) is -0.169. The van der Waals surface area contributed by atoms with Gasteiger partial charge in [0.2, 0.25) is 0 Å². The molecule has 0 bridgehead atoms. The van der Waals surface area contributed by atoms with Crippen molar-refractivity contribution in [3.05, 3.63) is 96.8 Å². The van der Waals surface area contributed by atoms with Crippen LogP contribution in [-0.2, 0) is 0 Å². The molecule has 0 fully saturated rings. The summed E-state index contributed by atoms with van der Waals surface area (Å²) in [6, 6.07) is 30.7. The topological polar surface area (TPSA) is 0 Å². The molecular weight excluding hydrogens is 490 g/mol. The van der Waals surface area contributed by atoms with E-state index in [9.17, 15) is 4.39 Å². The fraction of sp³-hybridized carbons (Fsp3) is 0. The number of halogens is 1. The maximum absolute atomic E-state index is 13.2. The van der Waals surface area contributed by atoms with Crippen molar-refractivity contribution in [3.8, 4) is 18.3 Å². The van der Waals surface area contributed by atoms with E-state index in [0.717, 1.165) is 0 Å². The van der Waals surface area contributed by atoms with E-state index in [1.54, 1.807) is 12.1 Å². The minimum atomic E-state index is -0.420. The van der Waals surface area contributed by atoms with Crippen molar-refractivity contribution in [2.24, 2.45) is 0 Å². The van der Waals surface area contributed by atoms with E-state index >= 15 is 0 Å². The molecule has 4 rings (SSSR count). The molecular formula is C22H15FSeTe. The molecule has 3 heteroatoms.